The summed E-state index contributed by atoms with van der Waals surface area (Å²) in [5.41, 5.74) is 0.405. The summed E-state index contributed by atoms with van der Waals surface area (Å²) in [5.74, 6) is -1.03. The molecular weight excluding hydrogens is 361 g/mol. The predicted molar refractivity (Wildman–Crippen MR) is 95.4 cm³/mol. The molecule has 0 bridgehead atoms. The number of amides is 1. The van der Waals surface area contributed by atoms with Crippen LogP contribution in [0.4, 0.5) is 4.39 Å². The zero-order valence-electron chi connectivity index (χ0n) is 13.5. The van der Waals surface area contributed by atoms with Crippen LogP contribution >= 0.6 is 11.6 Å². The van der Waals surface area contributed by atoms with Crippen LogP contribution in [0.3, 0.4) is 0 Å². The molecule has 0 radical (unpaired) electrons. The topological polar surface area (TPSA) is 84.2 Å². The molecule has 1 amide bonds. The number of fused-ring (bicyclic) bond motifs is 1. The van der Waals surface area contributed by atoms with Crippen molar-refractivity contribution in [1.29, 1.82) is 0 Å². The molecule has 6 nitrogen and oxygen atoms in total. The molecule has 2 N–H and O–H groups in total. The van der Waals surface area contributed by atoms with Crippen LogP contribution in [-0.2, 0) is 11.3 Å². The van der Waals surface area contributed by atoms with Gasteiger partial charge in [-0.2, -0.15) is 0 Å². The quantitative estimate of drug-likeness (QED) is 0.714. The smallest absolute Gasteiger partial charge is 0.261 e. The van der Waals surface area contributed by atoms with Gasteiger partial charge in [-0.15, -0.1) is 0 Å². The highest BCUT2D eigenvalue weighted by Crippen LogP contribution is 2.17. The standard InChI is InChI=1S/C18H15ClFN3O3/c19-12-3-1-2-11(6-12)16(24)8-21-17(25)9-23-10-22-15-5-4-13(20)7-14(15)18(23)26/h1-7,10,16,24H,8-9H2,(H,21,25)/t16-/m1/s1. The molecule has 1 atom stereocenters. The predicted octanol–water partition coefficient (Wildman–Crippen LogP) is 2.04. The summed E-state index contributed by atoms with van der Waals surface area (Å²) in [5, 5.41) is 13.2. The number of nitrogens with one attached hydrogen (secondary N) is 1. The van der Waals surface area contributed by atoms with Crippen LogP contribution in [0.5, 0.6) is 0 Å². The van der Waals surface area contributed by atoms with E-state index in [9.17, 15) is 19.1 Å². The molecule has 2 aromatic carbocycles. The molecule has 0 saturated heterocycles. The Labute approximate surface area is 152 Å². The van der Waals surface area contributed by atoms with Crippen molar-refractivity contribution in [2.75, 3.05) is 6.54 Å². The van der Waals surface area contributed by atoms with Crippen LogP contribution in [0.1, 0.15) is 11.7 Å². The largest absolute Gasteiger partial charge is 0.387 e. The zero-order valence-corrected chi connectivity index (χ0v) is 14.3. The van der Waals surface area contributed by atoms with Crippen molar-refractivity contribution in [3.05, 3.63) is 75.5 Å². The van der Waals surface area contributed by atoms with Crippen LogP contribution in [0, 0.1) is 5.82 Å². The summed E-state index contributed by atoms with van der Waals surface area (Å²) in [6, 6.07) is 10.4. The number of benzene rings is 2. The van der Waals surface area contributed by atoms with E-state index in [1.807, 2.05) is 0 Å². The second-order valence-electron chi connectivity index (χ2n) is 5.71. The van der Waals surface area contributed by atoms with Gasteiger partial charge in [-0.05, 0) is 35.9 Å². The van der Waals surface area contributed by atoms with Crippen LogP contribution in [0.15, 0.2) is 53.6 Å². The highest BCUT2D eigenvalue weighted by molar-refractivity contribution is 6.30. The van der Waals surface area contributed by atoms with Gasteiger partial charge in [0.05, 0.1) is 23.3 Å². The Morgan fingerprint density at radius 2 is 2.12 bits per heavy atom. The van der Waals surface area contributed by atoms with Gasteiger partial charge >= 0.3 is 0 Å². The molecule has 8 heteroatoms. The van der Waals surface area contributed by atoms with E-state index >= 15 is 0 Å². The highest BCUT2D eigenvalue weighted by Gasteiger charge is 2.12. The number of halogens is 2. The molecular formula is C18H15ClFN3O3. The maximum Gasteiger partial charge on any atom is 0.261 e. The first-order valence-corrected chi connectivity index (χ1v) is 8.17. The fraction of sp³-hybridized carbons (Fsp3) is 0.167. The molecule has 3 aromatic rings. The number of aliphatic hydroxyl groups excluding tert-OH is 1. The average Bonchev–Trinajstić information content (AvgIpc) is 2.62. The van der Waals surface area contributed by atoms with Gasteiger partial charge in [0, 0.05) is 11.6 Å². The molecule has 26 heavy (non-hydrogen) atoms. The van der Waals surface area contributed by atoms with E-state index in [0.717, 1.165) is 10.6 Å². The zero-order chi connectivity index (χ0) is 18.7. The van der Waals surface area contributed by atoms with Crippen LogP contribution in [-0.4, -0.2) is 27.1 Å². The monoisotopic (exact) mass is 375 g/mol. The number of hydrogen-bond acceptors (Lipinski definition) is 4. The second-order valence-corrected chi connectivity index (χ2v) is 6.15. The van der Waals surface area contributed by atoms with E-state index in [4.69, 9.17) is 11.6 Å². The first-order chi connectivity index (χ1) is 12.4. The van der Waals surface area contributed by atoms with Crippen molar-refractivity contribution < 1.29 is 14.3 Å². The molecule has 0 aliphatic heterocycles. The minimum Gasteiger partial charge on any atom is -0.387 e. The van der Waals surface area contributed by atoms with Crippen LogP contribution in [0.25, 0.3) is 10.9 Å². The normalized spacial score (nSPS) is 12.1. The lowest BCUT2D eigenvalue weighted by molar-refractivity contribution is -0.122. The molecule has 0 aliphatic carbocycles. The molecule has 1 heterocycles. The Morgan fingerprint density at radius 1 is 1.31 bits per heavy atom. The Balaban J connectivity index is 1.67. The van der Waals surface area contributed by atoms with Crippen molar-refractivity contribution in [3.8, 4) is 0 Å². The molecule has 134 valence electrons. The summed E-state index contributed by atoms with van der Waals surface area (Å²) in [6.45, 7) is -0.329. The van der Waals surface area contributed by atoms with Crippen molar-refractivity contribution in [2.24, 2.45) is 0 Å². The van der Waals surface area contributed by atoms with Gasteiger partial charge in [0.15, 0.2) is 0 Å². The van der Waals surface area contributed by atoms with Crippen molar-refractivity contribution in [3.63, 3.8) is 0 Å². The fourth-order valence-electron chi connectivity index (χ4n) is 2.50. The number of carbonyl (C=O) groups is 1. The lowest BCUT2D eigenvalue weighted by Gasteiger charge is -2.13. The first kappa shape index (κ1) is 18.0. The minimum atomic E-state index is -0.932. The number of hydrogen-bond donors (Lipinski definition) is 2. The number of nitrogens with zero attached hydrogens (tertiary/aromatic N) is 2. The van der Waals surface area contributed by atoms with Crippen molar-refractivity contribution in [2.45, 2.75) is 12.6 Å². The third kappa shape index (κ3) is 4.07. The van der Waals surface area contributed by atoms with Gasteiger partial charge in [0.1, 0.15) is 12.4 Å². The van der Waals surface area contributed by atoms with Crippen LogP contribution < -0.4 is 10.9 Å². The first-order valence-electron chi connectivity index (χ1n) is 7.79. The van der Waals surface area contributed by atoms with E-state index in [0.29, 0.717) is 16.1 Å². The lowest BCUT2D eigenvalue weighted by atomic mass is 10.1. The highest BCUT2D eigenvalue weighted by atomic mass is 35.5. The fourth-order valence-corrected chi connectivity index (χ4v) is 2.70. The van der Waals surface area contributed by atoms with Gasteiger partial charge < -0.3 is 10.4 Å². The third-order valence-corrected chi connectivity index (χ3v) is 4.06. The van der Waals surface area contributed by atoms with Gasteiger partial charge in [-0.1, -0.05) is 23.7 Å². The number of aliphatic hydroxyl groups is 1. The number of aromatic nitrogens is 2. The van der Waals surface area contributed by atoms with E-state index < -0.39 is 23.4 Å². The summed E-state index contributed by atoms with van der Waals surface area (Å²) >= 11 is 5.87. The minimum absolute atomic E-state index is 0.0381. The lowest BCUT2D eigenvalue weighted by Crippen LogP contribution is -2.34. The molecule has 0 spiro atoms. The van der Waals surface area contributed by atoms with E-state index in [1.54, 1.807) is 24.3 Å². The van der Waals surface area contributed by atoms with Gasteiger partial charge in [0.2, 0.25) is 5.91 Å². The Bertz CT molecular complexity index is 1020. The summed E-state index contributed by atoms with van der Waals surface area (Å²) < 4.78 is 14.4. The Morgan fingerprint density at radius 3 is 2.88 bits per heavy atom. The maximum atomic E-state index is 13.3. The van der Waals surface area contributed by atoms with Crippen molar-refractivity contribution >= 4 is 28.4 Å². The molecule has 0 fully saturated rings. The molecule has 0 aliphatic rings. The van der Waals surface area contributed by atoms with Gasteiger partial charge in [-0.3, -0.25) is 14.2 Å². The maximum absolute atomic E-state index is 13.3. The van der Waals surface area contributed by atoms with Crippen molar-refractivity contribution in [1.82, 2.24) is 14.9 Å². The third-order valence-electron chi connectivity index (χ3n) is 3.83. The molecule has 0 saturated carbocycles. The SMILES string of the molecule is O=C(Cn1cnc2ccc(F)cc2c1=O)NC[C@@H](O)c1cccc(Cl)c1. The van der Waals surface area contributed by atoms with E-state index in [2.05, 4.69) is 10.3 Å². The summed E-state index contributed by atoms with van der Waals surface area (Å²) in [6.07, 6.45) is 0.299. The van der Waals surface area contributed by atoms with Gasteiger partial charge in [-0.25, -0.2) is 9.37 Å². The summed E-state index contributed by atoms with van der Waals surface area (Å²) in [7, 11) is 0. The second kappa shape index (κ2) is 7.63. The van der Waals surface area contributed by atoms with Crippen LogP contribution in [0.2, 0.25) is 5.02 Å². The average molecular weight is 376 g/mol. The van der Waals surface area contributed by atoms with E-state index in [1.165, 1.54) is 18.5 Å². The number of rotatable bonds is 5. The number of carbonyl (C=O) groups excluding carboxylic acids is 1. The van der Waals surface area contributed by atoms with Gasteiger partial charge in [0.25, 0.3) is 5.56 Å². The van der Waals surface area contributed by atoms with E-state index in [-0.39, 0.29) is 18.5 Å². The molecule has 0 unspecified atom stereocenters. The summed E-state index contributed by atoms with van der Waals surface area (Å²) in [4.78, 5) is 28.4. The molecule has 3 rings (SSSR count). The Hall–Kier alpha value is -2.77. The Kier molecular flexibility index (Phi) is 5.29. The molecule has 1 aromatic heterocycles.